The summed E-state index contributed by atoms with van der Waals surface area (Å²) in [4.78, 5) is 14.0. The van der Waals surface area contributed by atoms with Gasteiger partial charge < -0.3 is 10.2 Å². The monoisotopic (exact) mass is 374 g/mol. The molecule has 2 amide bonds. The summed E-state index contributed by atoms with van der Waals surface area (Å²) in [6.07, 6.45) is 1.03. The van der Waals surface area contributed by atoms with Gasteiger partial charge in [-0.3, -0.25) is 0 Å². The van der Waals surface area contributed by atoms with Crippen LogP contribution >= 0.6 is 15.9 Å². The number of rotatable bonds is 5. The molecule has 0 radical (unpaired) electrons. The standard InChI is InChI=1S/C19H23BrN2O/c1-4-15-5-7-16(8-6-15)13-22(3)19(23)21-14(2)17-9-11-18(20)12-10-17/h5-12,14H,4,13H2,1-3H3,(H,21,23). The number of urea groups is 1. The molecule has 0 aromatic heterocycles. The first kappa shape index (κ1) is 17.5. The van der Waals surface area contributed by atoms with Crippen LogP contribution in [0.1, 0.15) is 36.6 Å². The summed E-state index contributed by atoms with van der Waals surface area (Å²) in [6, 6.07) is 16.3. The van der Waals surface area contributed by atoms with Gasteiger partial charge in [-0.1, -0.05) is 59.3 Å². The van der Waals surface area contributed by atoms with E-state index in [-0.39, 0.29) is 12.1 Å². The number of hydrogen-bond acceptors (Lipinski definition) is 1. The molecule has 0 fully saturated rings. The topological polar surface area (TPSA) is 32.3 Å². The average molecular weight is 375 g/mol. The van der Waals surface area contributed by atoms with Crippen LogP contribution in [0.5, 0.6) is 0 Å². The normalized spacial score (nSPS) is 11.8. The predicted molar refractivity (Wildman–Crippen MR) is 98.4 cm³/mol. The summed E-state index contributed by atoms with van der Waals surface area (Å²) in [7, 11) is 1.82. The van der Waals surface area contributed by atoms with Crippen molar-refractivity contribution in [3.63, 3.8) is 0 Å². The zero-order chi connectivity index (χ0) is 16.8. The average Bonchev–Trinajstić information content (AvgIpc) is 2.56. The smallest absolute Gasteiger partial charge is 0.317 e. The Morgan fingerprint density at radius 3 is 2.22 bits per heavy atom. The van der Waals surface area contributed by atoms with Crippen molar-refractivity contribution in [3.05, 3.63) is 69.7 Å². The Morgan fingerprint density at radius 2 is 1.65 bits per heavy atom. The lowest BCUT2D eigenvalue weighted by molar-refractivity contribution is 0.203. The maximum absolute atomic E-state index is 12.3. The molecule has 0 aliphatic rings. The Morgan fingerprint density at radius 1 is 1.09 bits per heavy atom. The first-order chi connectivity index (χ1) is 11.0. The Bertz CT molecular complexity index is 637. The highest BCUT2D eigenvalue weighted by Gasteiger charge is 2.13. The summed E-state index contributed by atoms with van der Waals surface area (Å²) < 4.78 is 1.03. The van der Waals surface area contributed by atoms with E-state index in [4.69, 9.17) is 0 Å². The molecule has 2 aromatic carbocycles. The largest absolute Gasteiger partial charge is 0.331 e. The highest BCUT2D eigenvalue weighted by atomic mass is 79.9. The summed E-state index contributed by atoms with van der Waals surface area (Å²) in [5, 5.41) is 3.03. The van der Waals surface area contributed by atoms with Crippen molar-refractivity contribution in [2.24, 2.45) is 0 Å². The molecule has 0 heterocycles. The van der Waals surface area contributed by atoms with Gasteiger partial charge in [0.2, 0.25) is 0 Å². The lowest BCUT2D eigenvalue weighted by Crippen LogP contribution is -2.38. The molecule has 4 heteroatoms. The number of nitrogens with one attached hydrogen (secondary N) is 1. The fraction of sp³-hybridized carbons (Fsp3) is 0.316. The minimum atomic E-state index is -0.0695. The van der Waals surface area contributed by atoms with Crippen LogP contribution in [0, 0.1) is 0 Å². The van der Waals surface area contributed by atoms with Crippen LogP contribution in [0.25, 0.3) is 0 Å². The van der Waals surface area contributed by atoms with Crippen molar-refractivity contribution in [1.29, 1.82) is 0 Å². The molecule has 1 atom stereocenters. The first-order valence-electron chi connectivity index (χ1n) is 7.84. The molecule has 2 rings (SSSR count). The second-order valence-corrected chi connectivity index (χ2v) is 6.66. The number of halogens is 1. The van der Waals surface area contributed by atoms with Crippen LogP contribution in [-0.2, 0) is 13.0 Å². The van der Waals surface area contributed by atoms with Gasteiger partial charge in [0.25, 0.3) is 0 Å². The Hall–Kier alpha value is -1.81. The van der Waals surface area contributed by atoms with Crippen LogP contribution < -0.4 is 5.32 Å². The maximum Gasteiger partial charge on any atom is 0.317 e. The third-order valence-corrected chi connectivity index (χ3v) is 4.44. The Balaban J connectivity index is 1.92. The highest BCUT2D eigenvalue weighted by Crippen LogP contribution is 2.17. The van der Waals surface area contributed by atoms with Gasteiger partial charge in [-0.25, -0.2) is 4.79 Å². The fourth-order valence-corrected chi connectivity index (χ4v) is 2.62. The van der Waals surface area contributed by atoms with E-state index in [1.165, 1.54) is 5.56 Å². The molecule has 0 bridgehead atoms. The quantitative estimate of drug-likeness (QED) is 0.791. The fourth-order valence-electron chi connectivity index (χ4n) is 2.36. The number of aryl methyl sites for hydroxylation is 1. The molecule has 1 unspecified atom stereocenters. The molecule has 2 aromatic rings. The van der Waals surface area contributed by atoms with Gasteiger partial charge in [0.1, 0.15) is 0 Å². The van der Waals surface area contributed by atoms with Gasteiger partial charge in [0.05, 0.1) is 6.04 Å². The second kappa shape index (κ2) is 8.16. The van der Waals surface area contributed by atoms with E-state index in [1.807, 2.05) is 38.2 Å². The van der Waals surface area contributed by atoms with E-state index in [9.17, 15) is 4.79 Å². The van der Waals surface area contributed by atoms with E-state index in [2.05, 4.69) is 52.4 Å². The van der Waals surface area contributed by atoms with Crippen LogP contribution in [0.15, 0.2) is 53.0 Å². The van der Waals surface area contributed by atoms with E-state index in [1.54, 1.807) is 4.90 Å². The molecule has 0 aliphatic heterocycles. The molecule has 23 heavy (non-hydrogen) atoms. The molecule has 122 valence electrons. The Kier molecular flexibility index (Phi) is 6.22. The third-order valence-electron chi connectivity index (χ3n) is 3.91. The maximum atomic E-state index is 12.3. The molecule has 0 aliphatic carbocycles. The number of benzene rings is 2. The predicted octanol–water partition coefficient (Wildman–Crippen LogP) is 4.91. The van der Waals surface area contributed by atoms with Crippen molar-refractivity contribution >= 4 is 22.0 Å². The number of carbonyl (C=O) groups excluding carboxylic acids is 1. The van der Waals surface area contributed by atoms with Gasteiger partial charge in [-0.15, -0.1) is 0 Å². The third kappa shape index (κ3) is 5.10. The van der Waals surface area contributed by atoms with Gasteiger partial charge in [0.15, 0.2) is 0 Å². The van der Waals surface area contributed by atoms with Gasteiger partial charge in [-0.2, -0.15) is 0 Å². The van der Waals surface area contributed by atoms with Crippen molar-refractivity contribution < 1.29 is 4.79 Å². The lowest BCUT2D eigenvalue weighted by atomic mass is 10.1. The molecular formula is C19H23BrN2O. The number of hydrogen-bond donors (Lipinski definition) is 1. The first-order valence-corrected chi connectivity index (χ1v) is 8.63. The summed E-state index contributed by atoms with van der Waals surface area (Å²) >= 11 is 3.42. The van der Waals surface area contributed by atoms with E-state index >= 15 is 0 Å². The van der Waals surface area contributed by atoms with Crippen LogP contribution in [0.2, 0.25) is 0 Å². The minimum Gasteiger partial charge on any atom is -0.331 e. The van der Waals surface area contributed by atoms with Crippen molar-refractivity contribution in [2.75, 3.05) is 7.05 Å². The molecule has 0 saturated heterocycles. The SMILES string of the molecule is CCc1ccc(CN(C)C(=O)NC(C)c2ccc(Br)cc2)cc1. The summed E-state index contributed by atoms with van der Waals surface area (Å²) in [6.45, 7) is 4.73. The van der Waals surface area contributed by atoms with Crippen LogP contribution in [0.3, 0.4) is 0 Å². The van der Waals surface area contributed by atoms with Crippen molar-refractivity contribution in [1.82, 2.24) is 10.2 Å². The van der Waals surface area contributed by atoms with Crippen molar-refractivity contribution in [3.8, 4) is 0 Å². The molecule has 0 spiro atoms. The van der Waals surface area contributed by atoms with Crippen LogP contribution in [-0.4, -0.2) is 18.0 Å². The number of nitrogens with zero attached hydrogens (tertiary/aromatic N) is 1. The second-order valence-electron chi connectivity index (χ2n) is 5.75. The Labute approximate surface area is 146 Å². The zero-order valence-corrected chi connectivity index (χ0v) is 15.4. The van der Waals surface area contributed by atoms with E-state index in [0.717, 1.165) is 22.0 Å². The van der Waals surface area contributed by atoms with E-state index < -0.39 is 0 Å². The van der Waals surface area contributed by atoms with Gasteiger partial charge >= 0.3 is 6.03 Å². The summed E-state index contributed by atoms with van der Waals surface area (Å²) in [5.74, 6) is 0. The highest BCUT2D eigenvalue weighted by molar-refractivity contribution is 9.10. The van der Waals surface area contributed by atoms with Gasteiger partial charge in [0, 0.05) is 18.1 Å². The minimum absolute atomic E-state index is 0.0273. The van der Waals surface area contributed by atoms with E-state index in [0.29, 0.717) is 6.54 Å². The number of amides is 2. The zero-order valence-electron chi connectivity index (χ0n) is 13.8. The molecule has 3 nitrogen and oxygen atoms in total. The van der Waals surface area contributed by atoms with Crippen molar-refractivity contribution in [2.45, 2.75) is 32.9 Å². The summed E-state index contributed by atoms with van der Waals surface area (Å²) in [5.41, 5.74) is 3.53. The van der Waals surface area contributed by atoms with Gasteiger partial charge in [-0.05, 0) is 42.2 Å². The molecule has 1 N–H and O–H groups in total. The number of carbonyl (C=O) groups is 1. The lowest BCUT2D eigenvalue weighted by Gasteiger charge is -2.22. The molecular weight excluding hydrogens is 352 g/mol. The van der Waals surface area contributed by atoms with Crippen LogP contribution in [0.4, 0.5) is 4.79 Å². The molecule has 0 saturated carbocycles.